The van der Waals surface area contributed by atoms with Gasteiger partial charge in [-0.25, -0.2) is 4.79 Å². The summed E-state index contributed by atoms with van der Waals surface area (Å²) >= 11 is 5.95. The van der Waals surface area contributed by atoms with Gasteiger partial charge in [0.25, 0.3) is 0 Å². The lowest BCUT2D eigenvalue weighted by atomic mass is 10.3. The Hall–Kier alpha value is -2.19. The van der Waals surface area contributed by atoms with E-state index in [4.69, 9.17) is 16.7 Å². The van der Waals surface area contributed by atoms with Crippen molar-refractivity contribution in [3.05, 3.63) is 35.1 Å². The van der Waals surface area contributed by atoms with Gasteiger partial charge >= 0.3 is 6.09 Å². The van der Waals surface area contributed by atoms with Gasteiger partial charge in [-0.05, 0) is 23.4 Å². The zero-order valence-electron chi connectivity index (χ0n) is 11.8. The van der Waals surface area contributed by atoms with Crippen LogP contribution < -0.4 is 0 Å². The average Bonchev–Trinajstić information content (AvgIpc) is 2.96. The number of tetrazole rings is 1. The molecule has 0 bridgehead atoms. The van der Waals surface area contributed by atoms with Crippen LogP contribution >= 0.6 is 11.6 Å². The third kappa shape index (κ3) is 3.34. The van der Waals surface area contributed by atoms with Gasteiger partial charge in [-0.15, -0.1) is 15.0 Å². The molecule has 0 saturated carbocycles. The van der Waals surface area contributed by atoms with Crippen LogP contribution in [0.2, 0.25) is 5.02 Å². The highest BCUT2D eigenvalue weighted by atomic mass is 35.5. The van der Waals surface area contributed by atoms with Crippen LogP contribution in [0.25, 0.3) is 5.69 Å². The molecule has 8 nitrogen and oxygen atoms in total. The van der Waals surface area contributed by atoms with Crippen molar-refractivity contribution in [2.24, 2.45) is 0 Å². The van der Waals surface area contributed by atoms with Crippen LogP contribution in [0.3, 0.4) is 0 Å². The third-order valence-electron chi connectivity index (χ3n) is 3.50. The number of halogens is 1. The van der Waals surface area contributed by atoms with Crippen molar-refractivity contribution in [1.82, 2.24) is 30.0 Å². The molecule has 9 heteroatoms. The molecule has 2 heterocycles. The molecule has 1 fully saturated rings. The van der Waals surface area contributed by atoms with Crippen molar-refractivity contribution < 1.29 is 9.90 Å². The van der Waals surface area contributed by atoms with E-state index in [2.05, 4.69) is 20.3 Å². The molecule has 0 spiro atoms. The molecule has 1 amide bonds. The summed E-state index contributed by atoms with van der Waals surface area (Å²) in [6, 6.07) is 7.22. The Kier molecular flexibility index (Phi) is 4.21. The summed E-state index contributed by atoms with van der Waals surface area (Å²) in [6.45, 7) is 2.87. The number of hydrogen-bond acceptors (Lipinski definition) is 5. The molecule has 1 saturated heterocycles. The molecule has 116 valence electrons. The molecule has 0 unspecified atom stereocenters. The summed E-state index contributed by atoms with van der Waals surface area (Å²) in [7, 11) is 0. The molecule has 1 aliphatic heterocycles. The van der Waals surface area contributed by atoms with Crippen LogP contribution in [0.1, 0.15) is 5.82 Å². The number of benzene rings is 1. The standard InChI is InChI=1S/C13H15ClN6O2/c14-10-2-1-3-11(8-10)20-16-12(15-17-20)9-18-4-6-19(7-5-18)13(21)22/h1-3,8H,4-7,9H2,(H,21,22). The SMILES string of the molecule is O=C(O)N1CCN(Cc2nnn(-c3cccc(Cl)c3)n2)CC1. The molecular formula is C13H15ClN6O2. The lowest BCUT2D eigenvalue weighted by Crippen LogP contribution is -2.47. The third-order valence-corrected chi connectivity index (χ3v) is 3.74. The van der Waals surface area contributed by atoms with Gasteiger partial charge < -0.3 is 10.0 Å². The normalized spacial score (nSPS) is 16.0. The molecule has 1 N–H and O–H groups in total. The molecule has 0 aliphatic carbocycles. The van der Waals surface area contributed by atoms with Gasteiger partial charge in [0.15, 0.2) is 5.82 Å². The van der Waals surface area contributed by atoms with Gasteiger partial charge in [0.2, 0.25) is 0 Å². The van der Waals surface area contributed by atoms with E-state index in [-0.39, 0.29) is 0 Å². The second kappa shape index (κ2) is 6.29. The Labute approximate surface area is 131 Å². The largest absolute Gasteiger partial charge is 0.465 e. The van der Waals surface area contributed by atoms with Crippen LogP contribution in [0, 0.1) is 0 Å². The number of carbonyl (C=O) groups is 1. The predicted molar refractivity (Wildman–Crippen MR) is 79.0 cm³/mol. The zero-order chi connectivity index (χ0) is 15.5. The van der Waals surface area contributed by atoms with Crippen LogP contribution in [-0.2, 0) is 6.54 Å². The first-order valence-corrected chi connectivity index (χ1v) is 7.25. The minimum Gasteiger partial charge on any atom is -0.465 e. The first-order valence-electron chi connectivity index (χ1n) is 6.87. The maximum atomic E-state index is 10.9. The molecule has 1 aliphatic rings. The summed E-state index contributed by atoms with van der Waals surface area (Å²) in [5.41, 5.74) is 0.752. The fraction of sp³-hybridized carbons (Fsp3) is 0.385. The molecule has 0 atom stereocenters. The van der Waals surface area contributed by atoms with Crippen LogP contribution in [0.4, 0.5) is 4.79 Å². The van der Waals surface area contributed by atoms with Gasteiger partial charge in [-0.1, -0.05) is 17.7 Å². The Morgan fingerprint density at radius 3 is 2.73 bits per heavy atom. The Bertz CT molecular complexity index is 668. The monoisotopic (exact) mass is 322 g/mol. The first kappa shape index (κ1) is 14.7. The predicted octanol–water partition coefficient (Wildman–Crippen LogP) is 1.11. The van der Waals surface area contributed by atoms with E-state index in [0.717, 1.165) is 5.69 Å². The topological polar surface area (TPSA) is 87.4 Å². The molecule has 2 aromatic rings. The number of hydrogen-bond donors (Lipinski definition) is 1. The molecule has 3 rings (SSSR count). The highest BCUT2D eigenvalue weighted by molar-refractivity contribution is 6.30. The fourth-order valence-corrected chi connectivity index (χ4v) is 2.50. The van der Waals surface area contributed by atoms with E-state index in [1.807, 2.05) is 12.1 Å². The Morgan fingerprint density at radius 1 is 1.27 bits per heavy atom. The quantitative estimate of drug-likeness (QED) is 0.911. The Morgan fingerprint density at radius 2 is 2.05 bits per heavy atom. The number of aromatic nitrogens is 4. The van der Waals surface area contributed by atoms with E-state index < -0.39 is 6.09 Å². The molecular weight excluding hydrogens is 308 g/mol. The summed E-state index contributed by atoms with van der Waals surface area (Å²) in [5, 5.41) is 21.9. The summed E-state index contributed by atoms with van der Waals surface area (Å²) in [6.07, 6.45) is -0.871. The number of rotatable bonds is 3. The van der Waals surface area contributed by atoms with Gasteiger partial charge in [0.05, 0.1) is 12.2 Å². The molecule has 22 heavy (non-hydrogen) atoms. The van der Waals surface area contributed by atoms with Gasteiger partial charge in [0, 0.05) is 31.2 Å². The average molecular weight is 323 g/mol. The smallest absolute Gasteiger partial charge is 0.407 e. The lowest BCUT2D eigenvalue weighted by molar-refractivity contribution is 0.102. The van der Waals surface area contributed by atoms with E-state index in [1.165, 1.54) is 9.70 Å². The van der Waals surface area contributed by atoms with Gasteiger partial charge in [0.1, 0.15) is 0 Å². The van der Waals surface area contributed by atoms with Crippen LogP contribution in [0.15, 0.2) is 24.3 Å². The van der Waals surface area contributed by atoms with E-state index in [9.17, 15) is 4.79 Å². The summed E-state index contributed by atoms with van der Waals surface area (Å²) < 4.78 is 0. The maximum Gasteiger partial charge on any atom is 0.407 e. The van der Waals surface area contributed by atoms with Crippen molar-refractivity contribution in [2.75, 3.05) is 26.2 Å². The lowest BCUT2D eigenvalue weighted by Gasteiger charge is -2.32. The van der Waals surface area contributed by atoms with Crippen molar-refractivity contribution in [3.63, 3.8) is 0 Å². The molecule has 0 radical (unpaired) electrons. The summed E-state index contributed by atoms with van der Waals surface area (Å²) in [5.74, 6) is 0.601. The molecule has 1 aromatic carbocycles. The van der Waals surface area contributed by atoms with Crippen LogP contribution in [0.5, 0.6) is 0 Å². The maximum absolute atomic E-state index is 10.9. The van der Waals surface area contributed by atoms with Gasteiger partial charge in [-0.2, -0.15) is 0 Å². The minimum absolute atomic E-state index is 0.498. The second-order valence-electron chi connectivity index (χ2n) is 5.02. The van der Waals surface area contributed by atoms with E-state index in [1.54, 1.807) is 12.1 Å². The molecule has 1 aromatic heterocycles. The number of amides is 1. The van der Waals surface area contributed by atoms with Crippen molar-refractivity contribution >= 4 is 17.7 Å². The van der Waals surface area contributed by atoms with Crippen LogP contribution in [-0.4, -0.2) is 67.4 Å². The minimum atomic E-state index is -0.871. The Balaban J connectivity index is 1.62. The van der Waals surface area contributed by atoms with Crippen molar-refractivity contribution in [3.8, 4) is 5.69 Å². The van der Waals surface area contributed by atoms with Crippen molar-refractivity contribution in [2.45, 2.75) is 6.54 Å². The summed E-state index contributed by atoms with van der Waals surface area (Å²) in [4.78, 5) is 15.8. The van der Waals surface area contributed by atoms with E-state index in [0.29, 0.717) is 43.6 Å². The number of piperazine rings is 1. The highest BCUT2D eigenvalue weighted by Gasteiger charge is 2.21. The highest BCUT2D eigenvalue weighted by Crippen LogP contribution is 2.13. The van der Waals surface area contributed by atoms with E-state index >= 15 is 0 Å². The number of nitrogens with zero attached hydrogens (tertiary/aromatic N) is 6. The number of carboxylic acid groups (broad SMARTS) is 1. The zero-order valence-corrected chi connectivity index (χ0v) is 12.5. The second-order valence-corrected chi connectivity index (χ2v) is 5.46. The van der Waals surface area contributed by atoms with Crippen molar-refractivity contribution in [1.29, 1.82) is 0 Å². The van der Waals surface area contributed by atoms with Gasteiger partial charge in [-0.3, -0.25) is 4.90 Å². The fourth-order valence-electron chi connectivity index (χ4n) is 2.31. The first-order chi connectivity index (χ1) is 10.6.